The van der Waals surface area contributed by atoms with Gasteiger partial charge in [0.1, 0.15) is 0 Å². The van der Waals surface area contributed by atoms with Gasteiger partial charge in [0.05, 0.1) is 0 Å². The van der Waals surface area contributed by atoms with Gasteiger partial charge in [-0.05, 0) is 0 Å². The third kappa shape index (κ3) is 1.50. The number of allylic oxidation sites excluding steroid dienone is 2. The molecule has 1 aliphatic rings. The molecular formula is C7H12Te. The van der Waals surface area contributed by atoms with Crippen LogP contribution in [0.2, 0.25) is 8.94 Å². The number of hydrogen-bond donors (Lipinski definition) is 0. The van der Waals surface area contributed by atoms with Crippen molar-refractivity contribution in [3.8, 4) is 0 Å². The van der Waals surface area contributed by atoms with E-state index in [0.717, 1.165) is 0 Å². The molecule has 0 fully saturated rings. The van der Waals surface area contributed by atoms with Gasteiger partial charge in [0.25, 0.3) is 0 Å². The molecule has 0 nitrogen and oxygen atoms in total. The molecule has 0 aliphatic carbocycles. The molecule has 0 unspecified atom stereocenters. The summed E-state index contributed by atoms with van der Waals surface area (Å²) in [4.78, 5) is 0. The van der Waals surface area contributed by atoms with E-state index in [0.29, 0.717) is 20.9 Å². The van der Waals surface area contributed by atoms with Crippen LogP contribution < -0.4 is 0 Å². The molecule has 0 aromatic rings. The summed E-state index contributed by atoms with van der Waals surface area (Å²) in [5, 5.41) is 0. The quantitative estimate of drug-likeness (QED) is 0.437. The van der Waals surface area contributed by atoms with E-state index in [1.54, 1.807) is 15.6 Å². The molecule has 0 saturated carbocycles. The fourth-order valence-electron chi connectivity index (χ4n) is 0.787. The molecule has 0 atom stereocenters. The van der Waals surface area contributed by atoms with Gasteiger partial charge in [0.2, 0.25) is 0 Å². The van der Waals surface area contributed by atoms with E-state index < -0.39 is 0 Å². The molecule has 1 heteroatoms. The summed E-state index contributed by atoms with van der Waals surface area (Å²) in [5.41, 5.74) is 3.36. The Balaban J connectivity index is 2.60. The van der Waals surface area contributed by atoms with Crippen LogP contribution in [0.1, 0.15) is 20.3 Å². The van der Waals surface area contributed by atoms with E-state index >= 15 is 0 Å². The molecule has 0 aromatic carbocycles. The van der Waals surface area contributed by atoms with E-state index in [-0.39, 0.29) is 0 Å². The molecule has 0 saturated heterocycles. The fraction of sp³-hybridized carbons (Fsp3) is 0.714. The zero-order chi connectivity index (χ0) is 5.98. The third-order valence-corrected chi connectivity index (χ3v) is 4.89. The van der Waals surface area contributed by atoms with Crippen molar-refractivity contribution in [2.75, 3.05) is 0 Å². The molecule has 1 heterocycles. The van der Waals surface area contributed by atoms with Crippen molar-refractivity contribution in [3.05, 3.63) is 11.1 Å². The van der Waals surface area contributed by atoms with Gasteiger partial charge in [-0.2, -0.15) is 0 Å². The van der Waals surface area contributed by atoms with Crippen LogP contribution in [-0.2, 0) is 0 Å². The summed E-state index contributed by atoms with van der Waals surface area (Å²) in [5.74, 6) is 0. The SMILES string of the molecule is CC1=C(C)C[Te]CC1. The van der Waals surface area contributed by atoms with Gasteiger partial charge in [-0.25, -0.2) is 0 Å². The Labute approximate surface area is 61.4 Å². The second-order valence-electron chi connectivity index (χ2n) is 2.36. The minimum absolute atomic E-state index is 0.438. The second kappa shape index (κ2) is 2.90. The fourth-order valence-corrected chi connectivity index (χ4v) is 4.06. The van der Waals surface area contributed by atoms with Gasteiger partial charge >= 0.3 is 61.3 Å². The maximum absolute atomic E-state index is 2.29. The molecule has 0 amide bonds. The molecule has 0 spiro atoms. The van der Waals surface area contributed by atoms with Crippen molar-refractivity contribution in [1.29, 1.82) is 0 Å². The summed E-state index contributed by atoms with van der Waals surface area (Å²) in [7, 11) is 0. The Morgan fingerprint density at radius 3 is 2.38 bits per heavy atom. The van der Waals surface area contributed by atoms with Crippen LogP contribution in [0.25, 0.3) is 0 Å². The Hall–Kier alpha value is 0.530. The zero-order valence-corrected chi connectivity index (χ0v) is 7.86. The summed E-state index contributed by atoms with van der Waals surface area (Å²) >= 11 is 0.438. The Morgan fingerprint density at radius 2 is 2.00 bits per heavy atom. The zero-order valence-electron chi connectivity index (χ0n) is 5.53. The van der Waals surface area contributed by atoms with Crippen molar-refractivity contribution in [3.63, 3.8) is 0 Å². The summed E-state index contributed by atoms with van der Waals surface area (Å²) in [6.07, 6.45) is 1.41. The van der Waals surface area contributed by atoms with Crippen molar-refractivity contribution in [1.82, 2.24) is 0 Å². The van der Waals surface area contributed by atoms with Crippen LogP contribution in [0.4, 0.5) is 0 Å². The number of hydrogen-bond acceptors (Lipinski definition) is 0. The van der Waals surface area contributed by atoms with E-state index in [4.69, 9.17) is 0 Å². The van der Waals surface area contributed by atoms with E-state index in [9.17, 15) is 0 Å². The van der Waals surface area contributed by atoms with E-state index in [1.165, 1.54) is 10.9 Å². The Bertz CT molecular complexity index is 99.6. The molecule has 0 radical (unpaired) electrons. The van der Waals surface area contributed by atoms with Gasteiger partial charge in [-0.15, -0.1) is 0 Å². The predicted molar refractivity (Wildman–Crippen MR) is 38.4 cm³/mol. The molecule has 0 bridgehead atoms. The van der Waals surface area contributed by atoms with Crippen molar-refractivity contribution in [2.24, 2.45) is 0 Å². The molecule has 8 heavy (non-hydrogen) atoms. The molecule has 0 aromatic heterocycles. The Kier molecular flexibility index (Phi) is 2.41. The van der Waals surface area contributed by atoms with Gasteiger partial charge in [-0.3, -0.25) is 0 Å². The maximum atomic E-state index is 2.29. The van der Waals surface area contributed by atoms with Crippen LogP contribution >= 0.6 is 0 Å². The first-order valence-corrected chi connectivity index (χ1v) is 6.33. The van der Waals surface area contributed by atoms with Crippen molar-refractivity contribution >= 4 is 20.9 Å². The average Bonchev–Trinajstić information content (AvgIpc) is 1.77. The topological polar surface area (TPSA) is 0 Å². The summed E-state index contributed by atoms with van der Waals surface area (Å²) in [6.45, 7) is 4.57. The van der Waals surface area contributed by atoms with Crippen LogP contribution in [0, 0.1) is 0 Å². The summed E-state index contributed by atoms with van der Waals surface area (Å²) < 4.78 is 3.03. The third-order valence-electron chi connectivity index (χ3n) is 1.67. The van der Waals surface area contributed by atoms with Gasteiger partial charge in [0.15, 0.2) is 0 Å². The standard InChI is InChI=1S/C7H12Te/c1-6-3-4-8-5-7(6)2/h3-5H2,1-2H3. The molecule has 1 rings (SSSR count). The minimum atomic E-state index is 0.438. The monoisotopic (exact) mass is 226 g/mol. The number of rotatable bonds is 0. The first kappa shape index (κ1) is 6.65. The molecule has 0 N–H and O–H groups in total. The van der Waals surface area contributed by atoms with Crippen molar-refractivity contribution in [2.45, 2.75) is 29.2 Å². The summed E-state index contributed by atoms with van der Waals surface area (Å²) in [6, 6.07) is 0. The normalized spacial score (nSPS) is 21.8. The van der Waals surface area contributed by atoms with Crippen LogP contribution in [0.15, 0.2) is 11.1 Å². The van der Waals surface area contributed by atoms with Crippen LogP contribution in [-0.4, -0.2) is 20.9 Å². The average molecular weight is 224 g/mol. The van der Waals surface area contributed by atoms with Crippen molar-refractivity contribution < 1.29 is 0 Å². The molecular weight excluding hydrogens is 212 g/mol. The Morgan fingerprint density at radius 1 is 1.25 bits per heavy atom. The van der Waals surface area contributed by atoms with Gasteiger partial charge in [0, 0.05) is 0 Å². The second-order valence-corrected chi connectivity index (χ2v) is 5.52. The first-order valence-electron chi connectivity index (χ1n) is 3.03. The van der Waals surface area contributed by atoms with Gasteiger partial charge < -0.3 is 0 Å². The predicted octanol–water partition coefficient (Wildman–Crippen LogP) is 2.27. The van der Waals surface area contributed by atoms with Gasteiger partial charge in [-0.1, -0.05) is 0 Å². The first-order chi connectivity index (χ1) is 3.80. The van der Waals surface area contributed by atoms with E-state index in [2.05, 4.69) is 13.8 Å². The van der Waals surface area contributed by atoms with E-state index in [1.807, 2.05) is 0 Å². The van der Waals surface area contributed by atoms with Crippen LogP contribution in [0.3, 0.4) is 0 Å². The molecule has 1 aliphatic heterocycles. The van der Waals surface area contributed by atoms with Crippen LogP contribution in [0.5, 0.6) is 0 Å². The molecule has 46 valence electrons.